The van der Waals surface area contributed by atoms with Crippen molar-refractivity contribution in [1.29, 1.82) is 0 Å². The Morgan fingerprint density at radius 2 is 1.67 bits per heavy atom. The maximum absolute atomic E-state index is 12.8. The van der Waals surface area contributed by atoms with E-state index in [9.17, 15) is 13.2 Å². The molecule has 0 aromatic carbocycles. The van der Waals surface area contributed by atoms with Crippen molar-refractivity contribution in [3.63, 3.8) is 0 Å². The number of rotatable bonds is 3. The Morgan fingerprint density at radius 3 is 2.14 bits per heavy atom. The maximum Gasteiger partial charge on any atom is 0.391 e. The fraction of sp³-hybridized carbons (Fsp3) is 1.00. The molecule has 0 amide bonds. The quantitative estimate of drug-likeness (QED) is 0.856. The van der Waals surface area contributed by atoms with Crippen LogP contribution in [0.15, 0.2) is 0 Å². The highest BCUT2D eigenvalue weighted by Crippen LogP contribution is 2.38. The van der Waals surface area contributed by atoms with E-state index in [0.29, 0.717) is 37.0 Å². The van der Waals surface area contributed by atoms with Gasteiger partial charge in [-0.2, -0.15) is 13.2 Å². The molecule has 5 heteroatoms. The lowest BCUT2D eigenvalue weighted by atomic mass is 9.76. The van der Waals surface area contributed by atoms with Gasteiger partial charge in [0.15, 0.2) is 0 Å². The molecule has 1 saturated heterocycles. The number of hydrogen-bond donors (Lipinski definition) is 1. The van der Waals surface area contributed by atoms with Crippen molar-refractivity contribution in [3.05, 3.63) is 0 Å². The van der Waals surface area contributed by atoms with Crippen molar-refractivity contribution >= 4 is 0 Å². The average Bonchev–Trinajstić information content (AvgIpc) is 2.45. The summed E-state index contributed by atoms with van der Waals surface area (Å²) in [6.45, 7) is 5.71. The molecule has 0 aromatic heterocycles. The number of hydrogen-bond acceptors (Lipinski definition) is 2. The molecular weight excluding hydrogens is 277 g/mol. The van der Waals surface area contributed by atoms with Crippen molar-refractivity contribution in [3.8, 4) is 0 Å². The van der Waals surface area contributed by atoms with Crippen molar-refractivity contribution in [1.82, 2.24) is 10.2 Å². The molecule has 2 nitrogen and oxygen atoms in total. The predicted molar refractivity (Wildman–Crippen MR) is 79.2 cm³/mol. The van der Waals surface area contributed by atoms with Gasteiger partial charge in [-0.3, -0.25) is 4.90 Å². The lowest BCUT2D eigenvalue weighted by Gasteiger charge is -2.46. The molecule has 124 valence electrons. The van der Waals surface area contributed by atoms with E-state index >= 15 is 0 Å². The Morgan fingerprint density at radius 1 is 1.05 bits per heavy atom. The second kappa shape index (κ2) is 6.86. The zero-order valence-electron chi connectivity index (χ0n) is 13.4. The fourth-order valence-electron chi connectivity index (χ4n) is 4.08. The number of alkyl halides is 3. The van der Waals surface area contributed by atoms with Crippen LogP contribution in [0.3, 0.4) is 0 Å². The third-order valence-electron chi connectivity index (χ3n) is 5.63. The van der Waals surface area contributed by atoms with Crippen molar-refractivity contribution in [2.75, 3.05) is 20.1 Å². The Balaban J connectivity index is 1.96. The molecule has 0 aromatic rings. The third-order valence-corrected chi connectivity index (χ3v) is 5.63. The number of nitrogens with zero attached hydrogens (tertiary/aromatic N) is 1. The summed E-state index contributed by atoms with van der Waals surface area (Å²) in [7, 11) is 1.98. The van der Waals surface area contributed by atoms with E-state index in [1.165, 1.54) is 6.42 Å². The monoisotopic (exact) mass is 306 g/mol. The molecule has 1 N–H and O–H groups in total. The topological polar surface area (TPSA) is 15.3 Å². The molecule has 0 bridgehead atoms. The van der Waals surface area contributed by atoms with E-state index in [2.05, 4.69) is 24.1 Å². The normalized spacial score (nSPS) is 33.6. The molecule has 2 rings (SSSR count). The predicted octanol–water partition coefficient (Wildman–Crippen LogP) is 3.67. The van der Waals surface area contributed by atoms with Crippen LogP contribution in [0.4, 0.5) is 13.2 Å². The molecule has 1 heterocycles. The van der Waals surface area contributed by atoms with Gasteiger partial charge >= 0.3 is 6.18 Å². The number of nitrogens with one attached hydrogen (secondary N) is 1. The summed E-state index contributed by atoms with van der Waals surface area (Å²) in [6, 6.07) is 0.841. The first-order valence-corrected chi connectivity index (χ1v) is 8.31. The Labute approximate surface area is 126 Å². The van der Waals surface area contributed by atoms with Gasteiger partial charge in [0.05, 0.1) is 5.92 Å². The largest absolute Gasteiger partial charge is 0.391 e. The van der Waals surface area contributed by atoms with E-state index in [1.807, 2.05) is 7.05 Å². The third kappa shape index (κ3) is 4.13. The Hall–Kier alpha value is -0.290. The number of likely N-dealkylation sites (tertiary alicyclic amines) is 1. The molecule has 0 radical (unpaired) electrons. The van der Waals surface area contributed by atoms with Crippen LogP contribution in [0.5, 0.6) is 0 Å². The van der Waals surface area contributed by atoms with Gasteiger partial charge in [-0.1, -0.05) is 13.8 Å². The van der Waals surface area contributed by atoms with Gasteiger partial charge in [-0.15, -0.1) is 0 Å². The Kier molecular flexibility index (Phi) is 5.58. The zero-order valence-corrected chi connectivity index (χ0v) is 13.4. The van der Waals surface area contributed by atoms with Gasteiger partial charge in [0.2, 0.25) is 0 Å². The maximum atomic E-state index is 12.8. The van der Waals surface area contributed by atoms with Gasteiger partial charge < -0.3 is 5.32 Å². The molecule has 0 spiro atoms. The van der Waals surface area contributed by atoms with Crippen molar-refractivity contribution in [2.45, 2.75) is 64.2 Å². The second-order valence-corrected chi connectivity index (χ2v) is 7.13. The molecule has 1 aliphatic heterocycles. The molecule has 21 heavy (non-hydrogen) atoms. The summed E-state index contributed by atoms with van der Waals surface area (Å²) in [6.07, 6.45) is 0.0227. The summed E-state index contributed by atoms with van der Waals surface area (Å²) < 4.78 is 38.4. The van der Waals surface area contributed by atoms with Crippen LogP contribution >= 0.6 is 0 Å². The summed E-state index contributed by atoms with van der Waals surface area (Å²) in [4.78, 5) is 2.32. The minimum atomic E-state index is -4.01. The molecule has 3 atom stereocenters. The van der Waals surface area contributed by atoms with Crippen LogP contribution in [0, 0.1) is 17.8 Å². The highest BCUT2D eigenvalue weighted by molar-refractivity contribution is 4.93. The van der Waals surface area contributed by atoms with E-state index in [0.717, 1.165) is 12.8 Å². The first-order valence-electron chi connectivity index (χ1n) is 8.31. The van der Waals surface area contributed by atoms with E-state index < -0.39 is 12.1 Å². The molecule has 2 fully saturated rings. The number of likely N-dealkylation sites (N-methyl/N-ethyl adjacent to an activating group) is 1. The van der Waals surface area contributed by atoms with Crippen LogP contribution in [-0.2, 0) is 0 Å². The number of piperidine rings is 1. The van der Waals surface area contributed by atoms with Crippen LogP contribution in [0.25, 0.3) is 0 Å². The van der Waals surface area contributed by atoms with Crippen molar-refractivity contribution in [2.24, 2.45) is 17.8 Å². The number of halogens is 3. The van der Waals surface area contributed by atoms with Crippen LogP contribution in [0.1, 0.15) is 46.0 Å². The van der Waals surface area contributed by atoms with E-state index in [4.69, 9.17) is 0 Å². The summed E-state index contributed by atoms with van der Waals surface area (Å²) in [5.74, 6) is 0.282. The summed E-state index contributed by atoms with van der Waals surface area (Å²) in [5, 5.41) is 3.39. The van der Waals surface area contributed by atoms with Gasteiger partial charge in [-0.05, 0) is 64.1 Å². The highest BCUT2D eigenvalue weighted by atomic mass is 19.4. The van der Waals surface area contributed by atoms with Gasteiger partial charge in [0.1, 0.15) is 0 Å². The van der Waals surface area contributed by atoms with Gasteiger partial charge in [0.25, 0.3) is 0 Å². The fourth-order valence-corrected chi connectivity index (χ4v) is 4.08. The molecule has 1 saturated carbocycles. The van der Waals surface area contributed by atoms with Crippen molar-refractivity contribution < 1.29 is 13.2 Å². The molecule has 2 aliphatic rings. The first kappa shape index (κ1) is 17.1. The SMILES string of the molecule is CNC1CCC(C(C)C)CC1N1CCC(C(F)(F)F)CC1. The van der Waals surface area contributed by atoms with Crippen LogP contribution in [0.2, 0.25) is 0 Å². The second-order valence-electron chi connectivity index (χ2n) is 7.13. The van der Waals surface area contributed by atoms with Gasteiger partial charge in [-0.25, -0.2) is 0 Å². The Bertz CT molecular complexity index is 322. The van der Waals surface area contributed by atoms with Crippen LogP contribution in [-0.4, -0.2) is 43.3 Å². The smallest absolute Gasteiger partial charge is 0.315 e. The molecular formula is C16H29F3N2. The summed E-state index contributed by atoms with van der Waals surface area (Å²) in [5.41, 5.74) is 0. The van der Waals surface area contributed by atoms with E-state index in [-0.39, 0.29) is 12.8 Å². The lowest BCUT2D eigenvalue weighted by molar-refractivity contribution is -0.186. The molecule has 3 unspecified atom stereocenters. The summed E-state index contributed by atoms with van der Waals surface area (Å²) >= 11 is 0. The van der Waals surface area contributed by atoms with Crippen LogP contribution < -0.4 is 5.32 Å². The zero-order chi connectivity index (χ0) is 15.6. The minimum absolute atomic E-state index is 0.267. The molecule has 1 aliphatic carbocycles. The van der Waals surface area contributed by atoms with Gasteiger partial charge in [0, 0.05) is 12.1 Å². The lowest BCUT2D eigenvalue weighted by Crippen LogP contribution is -2.55. The standard InChI is InChI=1S/C16H29F3N2/c1-11(2)12-4-5-14(20-3)15(10-12)21-8-6-13(7-9-21)16(17,18)19/h11-15,20H,4-10H2,1-3H3. The first-order chi connectivity index (χ1) is 9.82. The minimum Gasteiger partial charge on any atom is -0.315 e. The van der Waals surface area contributed by atoms with E-state index in [1.54, 1.807) is 0 Å². The highest BCUT2D eigenvalue weighted by Gasteiger charge is 2.43. The average molecular weight is 306 g/mol.